The van der Waals surface area contributed by atoms with Crippen LogP contribution in [0.2, 0.25) is 0 Å². The lowest BCUT2D eigenvalue weighted by molar-refractivity contribution is -0.138. The number of aryl methyl sites for hydroxylation is 2. The van der Waals surface area contributed by atoms with Crippen molar-refractivity contribution in [2.24, 2.45) is 5.92 Å². The van der Waals surface area contributed by atoms with Gasteiger partial charge in [0.15, 0.2) is 0 Å². The average Bonchev–Trinajstić information content (AvgIpc) is 3.01. The van der Waals surface area contributed by atoms with E-state index in [1.807, 2.05) is 11.8 Å². The highest BCUT2D eigenvalue weighted by molar-refractivity contribution is 7.11. The van der Waals surface area contributed by atoms with Gasteiger partial charge in [-0.2, -0.15) is 0 Å². The number of amides is 2. The first-order valence-electron chi connectivity index (χ1n) is 10.3. The summed E-state index contributed by atoms with van der Waals surface area (Å²) >= 11 is 1.70. The highest BCUT2D eigenvalue weighted by Gasteiger charge is 2.29. The van der Waals surface area contributed by atoms with E-state index in [2.05, 4.69) is 22.1 Å². The zero-order valence-corrected chi connectivity index (χ0v) is 17.9. The molecule has 0 saturated carbocycles. The Hall–Kier alpha value is -1.51. The molecule has 0 spiro atoms. The van der Waals surface area contributed by atoms with E-state index >= 15 is 0 Å². The minimum absolute atomic E-state index is 0.0654. The summed E-state index contributed by atoms with van der Waals surface area (Å²) in [5.74, 6) is 0.149. The Morgan fingerprint density at radius 3 is 2.79 bits per heavy atom. The number of ether oxygens (including phenoxy) is 1. The summed E-state index contributed by atoms with van der Waals surface area (Å²) in [5.41, 5.74) is 1.07. The molecule has 2 aliphatic heterocycles. The first-order chi connectivity index (χ1) is 13.5. The topological polar surface area (TPSA) is 74.8 Å². The smallest absolute Gasteiger partial charge is 0.224 e. The molecule has 0 unspecified atom stereocenters. The number of carbonyl (C=O) groups excluding carboxylic acids is 2. The third-order valence-electron chi connectivity index (χ3n) is 5.59. The van der Waals surface area contributed by atoms with Crippen LogP contribution in [0.3, 0.4) is 0 Å². The fraction of sp³-hybridized carbons (Fsp3) is 0.750. The third-order valence-corrected chi connectivity index (χ3v) is 6.72. The van der Waals surface area contributed by atoms with Gasteiger partial charge in [-0.1, -0.05) is 0 Å². The maximum atomic E-state index is 12.5. The zero-order valence-electron chi connectivity index (χ0n) is 17.0. The van der Waals surface area contributed by atoms with Crippen LogP contribution in [0.4, 0.5) is 0 Å². The molecule has 3 rings (SSSR count). The van der Waals surface area contributed by atoms with Crippen LogP contribution in [0.5, 0.6) is 0 Å². The normalized spacial score (nSPS) is 21.1. The standard InChI is InChI=1S/C20H32N4O3S/c1-15-16(2)28-18(22-15)6-7-21-20(26)17-4-5-19(25)24(14-17)9-3-8-23-10-12-27-13-11-23/h17H,3-14H2,1-2H3,(H,21,26)/t17-/m1/s1. The molecule has 0 aliphatic carbocycles. The number of thiazole rings is 1. The lowest BCUT2D eigenvalue weighted by Gasteiger charge is -2.33. The van der Waals surface area contributed by atoms with Crippen LogP contribution in [0.25, 0.3) is 0 Å². The van der Waals surface area contributed by atoms with Crippen molar-refractivity contribution < 1.29 is 14.3 Å². The van der Waals surface area contributed by atoms with E-state index in [1.165, 1.54) is 4.88 Å². The molecule has 1 N–H and O–H groups in total. The van der Waals surface area contributed by atoms with E-state index in [0.29, 0.717) is 25.9 Å². The minimum atomic E-state index is -0.0964. The molecule has 28 heavy (non-hydrogen) atoms. The summed E-state index contributed by atoms with van der Waals surface area (Å²) in [5, 5.41) is 4.11. The Bertz CT molecular complexity index is 653. The van der Waals surface area contributed by atoms with Gasteiger partial charge in [0, 0.05) is 57.0 Å². The maximum Gasteiger partial charge on any atom is 0.224 e. The Balaban J connectivity index is 1.38. The third kappa shape index (κ3) is 5.99. The highest BCUT2D eigenvalue weighted by atomic mass is 32.1. The zero-order chi connectivity index (χ0) is 19.9. The van der Waals surface area contributed by atoms with Gasteiger partial charge in [0.2, 0.25) is 11.8 Å². The number of aromatic nitrogens is 1. The monoisotopic (exact) mass is 408 g/mol. The largest absolute Gasteiger partial charge is 0.379 e. The molecule has 1 atom stereocenters. The van der Waals surface area contributed by atoms with E-state index < -0.39 is 0 Å². The van der Waals surface area contributed by atoms with Crippen molar-refractivity contribution in [3.05, 3.63) is 15.6 Å². The summed E-state index contributed by atoms with van der Waals surface area (Å²) in [6, 6.07) is 0. The maximum absolute atomic E-state index is 12.5. The lowest BCUT2D eigenvalue weighted by atomic mass is 9.96. The van der Waals surface area contributed by atoms with Crippen molar-refractivity contribution in [3.8, 4) is 0 Å². The van der Waals surface area contributed by atoms with Gasteiger partial charge < -0.3 is 15.0 Å². The summed E-state index contributed by atoms with van der Waals surface area (Å²) in [6.45, 7) is 10.5. The van der Waals surface area contributed by atoms with Crippen molar-refractivity contribution in [1.82, 2.24) is 20.1 Å². The Labute approximate surface area is 171 Å². The fourth-order valence-electron chi connectivity index (χ4n) is 3.74. The highest BCUT2D eigenvalue weighted by Crippen LogP contribution is 2.19. The number of likely N-dealkylation sites (tertiary alicyclic amines) is 1. The van der Waals surface area contributed by atoms with Gasteiger partial charge >= 0.3 is 0 Å². The molecular formula is C20H32N4O3S. The lowest BCUT2D eigenvalue weighted by Crippen LogP contribution is -2.47. The quantitative estimate of drug-likeness (QED) is 0.703. The minimum Gasteiger partial charge on any atom is -0.379 e. The van der Waals surface area contributed by atoms with Crippen LogP contribution >= 0.6 is 11.3 Å². The molecule has 8 heteroatoms. The van der Waals surface area contributed by atoms with Crippen molar-refractivity contribution >= 4 is 23.2 Å². The molecule has 2 aliphatic rings. The number of nitrogens with zero attached hydrogens (tertiary/aromatic N) is 3. The van der Waals surface area contributed by atoms with Crippen LogP contribution in [0, 0.1) is 19.8 Å². The number of carbonyl (C=O) groups is 2. The predicted octanol–water partition coefficient (Wildman–Crippen LogP) is 1.38. The van der Waals surface area contributed by atoms with E-state index in [-0.39, 0.29) is 17.7 Å². The van der Waals surface area contributed by atoms with Gasteiger partial charge in [-0.25, -0.2) is 4.98 Å². The second-order valence-electron chi connectivity index (χ2n) is 7.67. The molecule has 156 valence electrons. The van der Waals surface area contributed by atoms with Crippen LogP contribution < -0.4 is 5.32 Å². The molecule has 7 nitrogen and oxygen atoms in total. The first-order valence-corrected chi connectivity index (χ1v) is 11.1. The van der Waals surface area contributed by atoms with Crippen LogP contribution in [0.1, 0.15) is 34.8 Å². The summed E-state index contributed by atoms with van der Waals surface area (Å²) in [6.07, 6.45) is 2.84. The van der Waals surface area contributed by atoms with Crippen LogP contribution in [-0.4, -0.2) is 79.1 Å². The second-order valence-corrected chi connectivity index (χ2v) is 8.96. The number of piperidine rings is 1. The Morgan fingerprint density at radius 2 is 2.07 bits per heavy atom. The Kier molecular flexibility index (Phi) is 7.82. The average molecular weight is 409 g/mol. The molecule has 0 radical (unpaired) electrons. The van der Waals surface area contributed by atoms with Crippen molar-refractivity contribution in [2.45, 2.75) is 39.5 Å². The summed E-state index contributed by atoms with van der Waals surface area (Å²) < 4.78 is 5.37. The molecule has 0 bridgehead atoms. The van der Waals surface area contributed by atoms with Gasteiger partial charge in [-0.05, 0) is 26.7 Å². The molecule has 2 saturated heterocycles. The van der Waals surface area contributed by atoms with Crippen molar-refractivity contribution in [1.29, 1.82) is 0 Å². The van der Waals surface area contributed by atoms with Gasteiger partial charge in [0.1, 0.15) is 0 Å². The van der Waals surface area contributed by atoms with E-state index in [1.54, 1.807) is 11.3 Å². The number of nitrogens with one attached hydrogen (secondary N) is 1. The number of rotatable bonds is 8. The van der Waals surface area contributed by atoms with E-state index in [4.69, 9.17) is 4.74 Å². The number of morpholine rings is 1. The summed E-state index contributed by atoms with van der Waals surface area (Å²) in [7, 11) is 0. The number of hydrogen-bond acceptors (Lipinski definition) is 6. The van der Waals surface area contributed by atoms with Crippen molar-refractivity contribution in [3.63, 3.8) is 0 Å². The SMILES string of the molecule is Cc1nc(CCNC(=O)[C@@H]2CCC(=O)N(CCCN3CCOCC3)C2)sc1C. The van der Waals surface area contributed by atoms with Gasteiger partial charge in [-0.15, -0.1) is 11.3 Å². The van der Waals surface area contributed by atoms with E-state index in [9.17, 15) is 9.59 Å². The van der Waals surface area contributed by atoms with Gasteiger partial charge in [0.05, 0.1) is 29.8 Å². The molecule has 1 aromatic rings. The number of hydrogen-bond donors (Lipinski definition) is 1. The predicted molar refractivity (Wildman–Crippen MR) is 109 cm³/mol. The molecule has 0 aromatic carbocycles. The molecule has 3 heterocycles. The van der Waals surface area contributed by atoms with Crippen LogP contribution in [0.15, 0.2) is 0 Å². The molecular weight excluding hydrogens is 376 g/mol. The first kappa shape index (κ1) is 21.2. The molecule has 2 amide bonds. The molecule has 1 aromatic heterocycles. The van der Waals surface area contributed by atoms with Crippen molar-refractivity contribution in [2.75, 3.05) is 52.5 Å². The fourth-order valence-corrected chi connectivity index (χ4v) is 4.67. The summed E-state index contributed by atoms with van der Waals surface area (Å²) in [4.78, 5) is 34.8. The van der Waals surface area contributed by atoms with Crippen LogP contribution in [-0.2, 0) is 20.7 Å². The van der Waals surface area contributed by atoms with Gasteiger partial charge in [0.25, 0.3) is 0 Å². The second kappa shape index (κ2) is 10.3. The molecule has 2 fully saturated rings. The van der Waals surface area contributed by atoms with Gasteiger partial charge in [-0.3, -0.25) is 14.5 Å². The van der Waals surface area contributed by atoms with E-state index in [0.717, 1.165) is 62.9 Å². The Morgan fingerprint density at radius 1 is 1.29 bits per heavy atom.